The first-order valence-electron chi connectivity index (χ1n) is 5.45. The topological polar surface area (TPSA) is 78.8 Å². The van der Waals surface area contributed by atoms with Crippen molar-refractivity contribution in [2.24, 2.45) is 0 Å². The molecule has 0 amide bonds. The molecular weight excluding hydrogens is 241 g/mol. The Balaban J connectivity index is 2.59. The zero-order valence-corrected chi connectivity index (χ0v) is 10.0. The van der Waals surface area contributed by atoms with Crippen molar-refractivity contribution in [2.45, 2.75) is 12.6 Å². The van der Waals surface area contributed by atoms with Crippen LogP contribution in [0.2, 0.25) is 0 Å². The molecule has 0 spiro atoms. The first-order valence-corrected chi connectivity index (χ1v) is 5.45. The molecule has 1 rings (SSSR count). The Kier molecular flexibility index (Phi) is 5.70. The number of esters is 1. The molecule has 0 aliphatic heterocycles. The van der Waals surface area contributed by atoms with Gasteiger partial charge in [0.05, 0.1) is 25.4 Å². The number of hydrogen-bond donors (Lipinski definition) is 3. The Morgan fingerprint density at radius 2 is 2.28 bits per heavy atom. The van der Waals surface area contributed by atoms with Gasteiger partial charge in [-0.3, -0.25) is 0 Å². The molecule has 0 heterocycles. The molecular formula is C12H16FNO4. The van der Waals surface area contributed by atoms with E-state index in [-0.39, 0.29) is 18.7 Å². The molecule has 1 unspecified atom stereocenters. The second-order valence-corrected chi connectivity index (χ2v) is 3.77. The summed E-state index contributed by atoms with van der Waals surface area (Å²) in [7, 11) is 1.19. The number of nitrogens with one attached hydrogen (secondary N) is 1. The largest absolute Gasteiger partial charge is 0.465 e. The van der Waals surface area contributed by atoms with Gasteiger partial charge < -0.3 is 20.3 Å². The van der Waals surface area contributed by atoms with E-state index in [1.165, 1.54) is 19.2 Å². The summed E-state index contributed by atoms with van der Waals surface area (Å²) in [4.78, 5) is 11.1. The molecule has 0 aliphatic rings. The summed E-state index contributed by atoms with van der Waals surface area (Å²) in [6, 6.07) is 4.17. The lowest BCUT2D eigenvalue weighted by molar-refractivity contribution is 0.0595. The summed E-state index contributed by atoms with van der Waals surface area (Å²) in [6.45, 7) is 0.203. The Bertz CT molecular complexity index is 411. The molecule has 0 saturated carbocycles. The molecule has 0 aromatic heterocycles. The Morgan fingerprint density at radius 1 is 1.56 bits per heavy atom. The van der Waals surface area contributed by atoms with Crippen LogP contribution in [0, 0.1) is 5.82 Å². The number of carbonyl (C=O) groups is 1. The minimum atomic E-state index is -0.843. The van der Waals surface area contributed by atoms with Gasteiger partial charge in [0, 0.05) is 13.1 Å². The third-order valence-corrected chi connectivity index (χ3v) is 2.36. The van der Waals surface area contributed by atoms with E-state index in [0.29, 0.717) is 12.1 Å². The zero-order chi connectivity index (χ0) is 13.5. The van der Waals surface area contributed by atoms with Gasteiger partial charge in [0.1, 0.15) is 5.82 Å². The number of benzene rings is 1. The number of ether oxygens (including phenoxy) is 1. The SMILES string of the molecule is COC(=O)c1ccc(CNCC(O)CO)cc1F. The average molecular weight is 257 g/mol. The van der Waals surface area contributed by atoms with Crippen molar-refractivity contribution >= 4 is 5.97 Å². The van der Waals surface area contributed by atoms with Crippen molar-refractivity contribution in [1.29, 1.82) is 0 Å². The van der Waals surface area contributed by atoms with E-state index in [9.17, 15) is 9.18 Å². The van der Waals surface area contributed by atoms with Crippen LogP contribution < -0.4 is 5.32 Å². The van der Waals surface area contributed by atoms with E-state index in [2.05, 4.69) is 10.1 Å². The second kappa shape index (κ2) is 7.05. The smallest absolute Gasteiger partial charge is 0.340 e. The van der Waals surface area contributed by atoms with Crippen LogP contribution in [0.15, 0.2) is 18.2 Å². The number of rotatable bonds is 6. The van der Waals surface area contributed by atoms with Gasteiger partial charge in [0.2, 0.25) is 0 Å². The molecule has 1 aromatic carbocycles. The third-order valence-electron chi connectivity index (χ3n) is 2.36. The van der Waals surface area contributed by atoms with E-state index in [4.69, 9.17) is 10.2 Å². The molecule has 0 radical (unpaired) electrons. The standard InChI is InChI=1S/C12H16FNO4/c1-18-12(17)10-3-2-8(4-11(10)13)5-14-6-9(16)7-15/h2-4,9,14-16H,5-7H2,1H3. The van der Waals surface area contributed by atoms with Crippen LogP contribution in [0.25, 0.3) is 0 Å². The Hall–Kier alpha value is -1.50. The van der Waals surface area contributed by atoms with Crippen LogP contribution in [0.3, 0.4) is 0 Å². The van der Waals surface area contributed by atoms with Crippen molar-refractivity contribution in [1.82, 2.24) is 5.32 Å². The quantitative estimate of drug-likeness (QED) is 0.628. The van der Waals surface area contributed by atoms with Crippen molar-refractivity contribution in [3.8, 4) is 0 Å². The van der Waals surface area contributed by atoms with Crippen LogP contribution in [-0.4, -0.2) is 42.5 Å². The van der Waals surface area contributed by atoms with Crippen LogP contribution in [0.4, 0.5) is 4.39 Å². The molecule has 5 nitrogen and oxygen atoms in total. The summed E-state index contributed by atoms with van der Waals surface area (Å²) in [5.74, 6) is -1.37. The highest BCUT2D eigenvalue weighted by molar-refractivity contribution is 5.89. The minimum absolute atomic E-state index is 0.114. The lowest BCUT2D eigenvalue weighted by Gasteiger charge is -2.09. The highest BCUT2D eigenvalue weighted by Gasteiger charge is 2.12. The van der Waals surface area contributed by atoms with Crippen molar-refractivity contribution in [2.75, 3.05) is 20.3 Å². The maximum Gasteiger partial charge on any atom is 0.340 e. The molecule has 1 aromatic rings. The number of methoxy groups -OCH3 is 1. The maximum absolute atomic E-state index is 13.5. The van der Waals surface area contributed by atoms with Gasteiger partial charge in [-0.15, -0.1) is 0 Å². The number of halogens is 1. The molecule has 3 N–H and O–H groups in total. The highest BCUT2D eigenvalue weighted by atomic mass is 19.1. The van der Waals surface area contributed by atoms with Gasteiger partial charge in [0.15, 0.2) is 0 Å². The Morgan fingerprint density at radius 3 is 2.83 bits per heavy atom. The van der Waals surface area contributed by atoms with Gasteiger partial charge in [0.25, 0.3) is 0 Å². The second-order valence-electron chi connectivity index (χ2n) is 3.77. The molecule has 0 saturated heterocycles. The van der Waals surface area contributed by atoms with Gasteiger partial charge >= 0.3 is 5.97 Å². The molecule has 6 heteroatoms. The van der Waals surface area contributed by atoms with Crippen molar-refractivity contribution < 1.29 is 24.1 Å². The number of carbonyl (C=O) groups excluding carboxylic acids is 1. The fourth-order valence-corrected chi connectivity index (χ4v) is 1.39. The summed E-state index contributed by atoms with van der Waals surface area (Å²) in [6.07, 6.45) is -0.843. The van der Waals surface area contributed by atoms with E-state index >= 15 is 0 Å². The normalized spacial score (nSPS) is 12.2. The molecule has 18 heavy (non-hydrogen) atoms. The maximum atomic E-state index is 13.5. The van der Waals surface area contributed by atoms with Crippen LogP contribution in [0.1, 0.15) is 15.9 Å². The lowest BCUT2D eigenvalue weighted by Crippen LogP contribution is -2.29. The number of aliphatic hydroxyl groups excluding tert-OH is 2. The molecule has 0 fully saturated rings. The zero-order valence-electron chi connectivity index (χ0n) is 10.0. The van der Waals surface area contributed by atoms with Gasteiger partial charge in [-0.05, 0) is 17.7 Å². The molecule has 0 bridgehead atoms. The average Bonchev–Trinajstić information content (AvgIpc) is 2.37. The van der Waals surface area contributed by atoms with Gasteiger partial charge in [-0.2, -0.15) is 0 Å². The van der Waals surface area contributed by atoms with Crippen molar-refractivity contribution in [3.05, 3.63) is 35.1 Å². The minimum Gasteiger partial charge on any atom is -0.465 e. The van der Waals surface area contributed by atoms with Crippen LogP contribution in [0.5, 0.6) is 0 Å². The van der Waals surface area contributed by atoms with Crippen LogP contribution in [-0.2, 0) is 11.3 Å². The first kappa shape index (κ1) is 14.6. The Labute approximate surface area is 104 Å². The summed E-state index contributed by atoms with van der Waals surface area (Å²) in [5.41, 5.74) is 0.516. The van der Waals surface area contributed by atoms with E-state index < -0.39 is 17.9 Å². The van der Waals surface area contributed by atoms with Crippen LogP contribution >= 0.6 is 0 Å². The fraction of sp³-hybridized carbons (Fsp3) is 0.417. The monoisotopic (exact) mass is 257 g/mol. The summed E-state index contributed by atoms with van der Waals surface area (Å²) < 4.78 is 18.0. The summed E-state index contributed by atoms with van der Waals surface area (Å²) >= 11 is 0. The molecule has 1 atom stereocenters. The molecule has 100 valence electrons. The third kappa shape index (κ3) is 4.06. The summed E-state index contributed by atoms with van der Waals surface area (Å²) in [5, 5.41) is 20.5. The van der Waals surface area contributed by atoms with E-state index in [1.54, 1.807) is 6.07 Å². The van der Waals surface area contributed by atoms with Gasteiger partial charge in [-0.25, -0.2) is 9.18 Å². The van der Waals surface area contributed by atoms with E-state index in [0.717, 1.165) is 0 Å². The predicted octanol–water partition coefficient (Wildman–Crippen LogP) is 0.0551. The highest BCUT2D eigenvalue weighted by Crippen LogP contribution is 2.11. The van der Waals surface area contributed by atoms with Gasteiger partial charge in [-0.1, -0.05) is 6.07 Å². The van der Waals surface area contributed by atoms with E-state index in [1.807, 2.05) is 0 Å². The molecule has 0 aliphatic carbocycles. The number of hydrogen-bond acceptors (Lipinski definition) is 5. The number of aliphatic hydroxyl groups is 2. The fourth-order valence-electron chi connectivity index (χ4n) is 1.39. The van der Waals surface area contributed by atoms with Crippen molar-refractivity contribution in [3.63, 3.8) is 0 Å². The first-order chi connectivity index (χ1) is 8.58. The predicted molar refractivity (Wildman–Crippen MR) is 62.5 cm³/mol. The lowest BCUT2D eigenvalue weighted by atomic mass is 10.1.